The van der Waals surface area contributed by atoms with E-state index in [1.165, 1.54) is 4.90 Å². The van der Waals surface area contributed by atoms with Gasteiger partial charge in [-0.1, -0.05) is 0 Å². The maximum atomic E-state index is 11.9. The number of aryl methyl sites for hydroxylation is 1. The first kappa shape index (κ1) is 13.3. The number of carboxylic acids is 1. The second kappa shape index (κ2) is 5.64. The summed E-state index contributed by atoms with van der Waals surface area (Å²) in [5.74, 6) is -0.956. The largest absolute Gasteiger partial charge is 0.480 e. The number of nitrogens with one attached hydrogen (secondary N) is 1. The number of aromatic nitrogens is 2. The van der Waals surface area contributed by atoms with Crippen LogP contribution in [0.2, 0.25) is 0 Å². The number of hydrogen-bond donors (Lipinski definition) is 2. The molecule has 1 saturated heterocycles. The summed E-state index contributed by atoms with van der Waals surface area (Å²) in [6.45, 7) is 2.55. The van der Waals surface area contributed by atoms with Gasteiger partial charge in [-0.05, 0) is 19.8 Å². The van der Waals surface area contributed by atoms with Crippen LogP contribution in [0.15, 0.2) is 12.4 Å². The second-order valence-corrected chi connectivity index (χ2v) is 4.50. The molecule has 0 spiro atoms. The zero-order valence-electron chi connectivity index (χ0n) is 10.7. The molecule has 0 bridgehead atoms. The number of amides is 2. The summed E-state index contributed by atoms with van der Waals surface area (Å²) in [5.41, 5.74) is 1.45. The second-order valence-electron chi connectivity index (χ2n) is 4.50. The minimum absolute atomic E-state index is 0.245. The van der Waals surface area contributed by atoms with E-state index in [1.807, 2.05) is 6.92 Å². The van der Waals surface area contributed by atoms with Crippen LogP contribution in [0.1, 0.15) is 24.2 Å². The van der Waals surface area contributed by atoms with E-state index in [2.05, 4.69) is 15.3 Å². The quantitative estimate of drug-likeness (QED) is 0.831. The SMILES string of the molecule is Cc1cnc(CNC(=O)N2CCCC2C(=O)O)cn1. The van der Waals surface area contributed by atoms with Crippen LogP contribution in [0, 0.1) is 6.92 Å². The lowest BCUT2D eigenvalue weighted by Gasteiger charge is -2.21. The zero-order chi connectivity index (χ0) is 13.8. The van der Waals surface area contributed by atoms with Crippen molar-refractivity contribution in [2.75, 3.05) is 6.54 Å². The Labute approximate surface area is 110 Å². The van der Waals surface area contributed by atoms with Gasteiger partial charge < -0.3 is 15.3 Å². The normalized spacial score (nSPS) is 18.4. The van der Waals surface area contributed by atoms with Crippen molar-refractivity contribution in [3.63, 3.8) is 0 Å². The van der Waals surface area contributed by atoms with Crippen molar-refractivity contribution in [2.24, 2.45) is 0 Å². The van der Waals surface area contributed by atoms with Crippen LogP contribution in [0.4, 0.5) is 4.79 Å². The number of carboxylic acid groups (broad SMARTS) is 1. The molecule has 2 rings (SSSR count). The van der Waals surface area contributed by atoms with Gasteiger partial charge in [0.2, 0.25) is 0 Å². The molecule has 0 aliphatic carbocycles. The predicted molar refractivity (Wildman–Crippen MR) is 66.4 cm³/mol. The number of likely N-dealkylation sites (tertiary alicyclic amines) is 1. The van der Waals surface area contributed by atoms with E-state index in [0.29, 0.717) is 25.1 Å². The Kier molecular flexibility index (Phi) is 3.94. The molecule has 1 unspecified atom stereocenters. The standard InChI is InChI=1S/C12H16N4O3/c1-8-5-14-9(6-13-8)7-15-12(19)16-4-2-3-10(16)11(17)18/h5-6,10H,2-4,7H2,1H3,(H,15,19)(H,17,18). The van der Waals surface area contributed by atoms with E-state index in [0.717, 1.165) is 5.69 Å². The fourth-order valence-electron chi connectivity index (χ4n) is 2.04. The summed E-state index contributed by atoms with van der Waals surface area (Å²) in [7, 11) is 0. The number of carbonyl (C=O) groups excluding carboxylic acids is 1. The summed E-state index contributed by atoms with van der Waals surface area (Å²) in [4.78, 5) is 32.4. The lowest BCUT2D eigenvalue weighted by molar-refractivity contribution is -0.141. The van der Waals surface area contributed by atoms with Crippen LogP contribution < -0.4 is 5.32 Å². The minimum Gasteiger partial charge on any atom is -0.480 e. The Morgan fingerprint density at radius 3 is 2.89 bits per heavy atom. The maximum Gasteiger partial charge on any atom is 0.326 e. The lowest BCUT2D eigenvalue weighted by Crippen LogP contribution is -2.45. The smallest absolute Gasteiger partial charge is 0.326 e. The van der Waals surface area contributed by atoms with Crippen molar-refractivity contribution < 1.29 is 14.7 Å². The van der Waals surface area contributed by atoms with E-state index < -0.39 is 12.0 Å². The summed E-state index contributed by atoms with van der Waals surface area (Å²) < 4.78 is 0. The Morgan fingerprint density at radius 1 is 1.47 bits per heavy atom. The highest BCUT2D eigenvalue weighted by atomic mass is 16.4. The Bertz CT molecular complexity index is 474. The molecule has 1 aliphatic rings. The van der Waals surface area contributed by atoms with Crippen molar-refractivity contribution in [2.45, 2.75) is 32.4 Å². The Morgan fingerprint density at radius 2 is 2.26 bits per heavy atom. The molecule has 0 aromatic carbocycles. The van der Waals surface area contributed by atoms with Gasteiger partial charge in [0.05, 0.1) is 24.1 Å². The van der Waals surface area contributed by atoms with Crippen molar-refractivity contribution in [1.82, 2.24) is 20.2 Å². The third-order valence-electron chi connectivity index (χ3n) is 3.05. The van der Waals surface area contributed by atoms with Gasteiger partial charge in [0.15, 0.2) is 0 Å². The predicted octanol–water partition coefficient (Wildman–Crippen LogP) is 0.544. The van der Waals surface area contributed by atoms with E-state index in [4.69, 9.17) is 5.11 Å². The molecule has 1 fully saturated rings. The van der Waals surface area contributed by atoms with Crippen molar-refractivity contribution in [3.8, 4) is 0 Å². The zero-order valence-corrected chi connectivity index (χ0v) is 10.7. The van der Waals surface area contributed by atoms with E-state index in [-0.39, 0.29) is 12.6 Å². The van der Waals surface area contributed by atoms with E-state index >= 15 is 0 Å². The van der Waals surface area contributed by atoms with Crippen LogP contribution in [0.25, 0.3) is 0 Å². The molecule has 2 amide bonds. The van der Waals surface area contributed by atoms with Gasteiger partial charge in [-0.15, -0.1) is 0 Å². The number of aliphatic carboxylic acids is 1. The molecule has 2 N–H and O–H groups in total. The van der Waals surface area contributed by atoms with Crippen LogP contribution in [-0.4, -0.2) is 44.6 Å². The highest BCUT2D eigenvalue weighted by Crippen LogP contribution is 2.17. The van der Waals surface area contributed by atoms with Gasteiger partial charge in [-0.25, -0.2) is 9.59 Å². The third kappa shape index (κ3) is 3.18. The molecular formula is C12H16N4O3. The summed E-state index contributed by atoms with van der Waals surface area (Å²) >= 11 is 0. The van der Waals surface area contributed by atoms with Gasteiger partial charge in [0.1, 0.15) is 6.04 Å². The lowest BCUT2D eigenvalue weighted by atomic mass is 10.2. The Balaban J connectivity index is 1.90. The fraction of sp³-hybridized carbons (Fsp3) is 0.500. The summed E-state index contributed by atoms with van der Waals surface area (Å²) in [5, 5.41) is 11.7. The van der Waals surface area contributed by atoms with Crippen molar-refractivity contribution >= 4 is 12.0 Å². The van der Waals surface area contributed by atoms with Crippen molar-refractivity contribution in [3.05, 3.63) is 23.8 Å². The molecule has 0 saturated carbocycles. The number of rotatable bonds is 3. The first-order chi connectivity index (χ1) is 9.08. The molecule has 102 valence electrons. The van der Waals surface area contributed by atoms with Crippen LogP contribution >= 0.6 is 0 Å². The number of hydrogen-bond acceptors (Lipinski definition) is 4. The monoisotopic (exact) mass is 264 g/mol. The number of carbonyl (C=O) groups is 2. The molecule has 7 heteroatoms. The minimum atomic E-state index is -0.956. The average molecular weight is 264 g/mol. The fourth-order valence-corrected chi connectivity index (χ4v) is 2.04. The topological polar surface area (TPSA) is 95.4 Å². The highest BCUT2D eigenvalue weighted by molar-refractivity contribution is 5.83. The molecule has 2 heterocycles. The number of nitrogens with zero attached hydrogens (tertiary/aromatic N) is 3. The van der Waals surface area contributed by atoms with Crippen LogP contribution in [0.5, 0.6) is 0 Å². The van der Waals surface area contributed by atoms with Gasteiger partial charge in [-0.3, -0.25) is 9.97 Å². The summed E-state index contributed by atoms with van der Waals surface area (Å²) in [6, 6.07) is -1.09. The molecule has 1 aromatic rings. The molecule has 1 atom stereocenters. The molecule has 19 heavy (non-hydrogen) atoms. The Hall–Kier alpha value is -2.18. The molecule has 1 aliphatic heterocycles. The number of urea groups is 1. The van der Waals surface area contributed by atoms with E-state index in [1.54, 1.807) is 12.4 Å². The molecular weight excluding hydrogens is 248 g/mol. The van der Waals surface area contributed by atoms with Crippen LogP contribution in [-0.2, 0) is 11.3 Å². The molecule has 1 aromatic heterocycles. The van der Waals surface area contributed by atoms with Gasteiger partial charge >= 0.3 is 12.0 Å². The van der Waals surface area contributed by atoms with Gasteiger partial charge in [0, 0.05) is 12.7 Å². The third-order valence-corrected chi connectivity index (χ3v) is 3.05. The first-order valence-corrected chi connectivity index (χ1v) is 6.12. The van der Waals surface area contributed by atoms with Gasteiger partial charge in [-0.2, -0.15) is 0 Å². The van der Waals surface area contributed by atoms with Crippen molar-refractivity contribution in [1.29, 1.82) is 0 Å². The van der Waals surface area contributed by atoms with Gasteiger partial charge in [0.25, 0.3) is 0 Å². The molecule has 0 radical (unpaired) electrons. The average Bonchev–Trinajstić information content (AvgIpc) is 2.87. The summed E-state index contributed by atoms with van der Waals surface area (Å²) in [6.07, 6.45) is 4.44. The van der Waals surface area contributed by atoms with E-state index in [9.17, 15) is 9.59 Å². The highest BCUT2D eigenvalue weighted by Gasteiger charge is 2.33. The maximum absolute atomic E-state index is 11.9. The first-order valence-electron chi connectivity index (χ1n) is 6.12. The van der Waals surface area contributed by atoms with Crippen LogP contribution in [0.3, 0.4) is 0 Å². The molecule has 7 nitrogen and oxygen atoms in total.